The van der Waals surface area contributed by atoms with Crippen LogP contribution < -0.4 is 10.2 Å². The minimum absolute atomic E-state index is 0.00506. The molecule has 0 aliphatic carbocycles. The van der Waals surface area contributed by atoms with Crippen LogP contribution in [-0.2, 0) is 24.4 Å². The van der Waals surface area contributed by atoms with Crippen molar-refractivity contribution in [1.82, 2.24) is 10.2 Å². The molecule has 168 valence electrons. The first kappa shape index (κ1) is 24.7. The van der Waals surface area contributed by atoms with Crippen molar-refractivity contribution >= 4 is 27.7 Å². The second kappa shape index (κ2) is 12.3. The number of nitrogens with one attached hydrogen (secondary N) is 2. The number of nitriles is 1. The Kier molecular flexibility index (Phi) is 9.53. The van der Waals surface area contributed by atoms with Gasteiger partial charge < -0.3 is 10.2 Å². The van der Waals surface area contributed by atoms with Crippen molar-refractivity contribution in [2.24, 2.45) is 0 Å². The number of unbranched alkanes of at least 4 members (excludes halogenated alkanes) is 1. The Balaban J connectivity index is 1.58. The summed E-state index contributed by atoms with van der Waals surface area (Å²) in [5.74, 6) is -1.18. The highest BCUT2D eigenvalue weighted by Gasteiger charge is 2.16. The summed E-state index contributed by atoms with van der Waals surface area (Å²) in [6.07, 6.45) is 1.29. The van der Waals surface area contributed by atoms with Gasteiger partial charge in [-0.1, -0.05) is 30.3 Å². The molecular weight excluding hydrogens is 434 g/mol. The van der Waals surface area contributed by atoms with Gasteiger partial charge >= 0.3 is 5.97 Å². The van der Waals surface area contributed by atoms with E-state index < -0.39 is 16.0 Å². The summed E-state index contributed by atoms with van der Waals surface area (Å²) >= 11 is 0. The van der Waals surface area contributed by atoms with Crippen molar-refractivity contribution in [2.75, 3.05) is 6.54 Å². The van der Waals surface area contributed by atoms with Crippen LogP contribution in [0.3, 0.4) is 0 Å². The van der Waals surface area contributed by atoms with E-state index in [0.717, 1.165) is 0 Å². The quantitative estimate of drug-likeness (QED) is 0.283. The Labute approximate surface area is 186 Å². The van der Waals surface area contributed by atoms with Gasteiger partial charge in [0.25, 0.3) is 10.0 Å². The van der Waals surface area contributed by atoms with Gasteiger partial charge in [0.15, 0.2) is 5.78 Å². The van der Waals surface area contributed by atoms with Crippen LogP contribution in [0.1, 0.15) is 48.0 Å². The Morgan fingerprint density at radius 3 is 2.22 bits per heavy atom. The Morgan fingerprint density at radius 2 is 1.56 bits per heavy atom. The molecule has 2 aromatic carbocycles. The first-order chi connectivity index (χ1) is 15.3. The standard InChI is InChI=1S/C22H23N3O6S/c23-16-17-10-12-18(13-11-17)20(26)8-4-5-9-21(27)24-15-14-22(28)31-25-32(29,30)19-6-2-1-3-7-19/h1-3,6-7,10-13,25H,4-5,8-9,14-15H2,(H,24,27). The molecular formula is C22H23N3O6S. The van der Waals surface area contributed by atoms with E-state index >= 15 is 0 Å². The minimum Gasteiger partial charge on any atom is -0.356 e. The van der Waals surface area contributed by atoms with Gasteiger partial charge in [-0.15, -0.1) is 0 Å². The van der Waals surface area contributed by atoms with E-state index in [1.807, 2.05) is 6.07 Å². The fraction of sp³-hybridized carbons (Fsp3) is 0.273. The molecule has 2 rings (SSSR count). The second-order valence-corrected chi connectivity index (χ2v) is 8.44. The van der Waals surface area contributed by atoms with Crippen molar-refractivity contribution in [2.45, 2.75) is 37.0 Å². The van der Waals surface area contributed by atoms with Crippen molar-refractivity contribution in [3.05, 3.63) is 65.7 Å². The minimum atomic E-state index is -3.96. The number of hydrogen-bond donors (Lipinski definition) is 2. The summed E-state index contributed by atoms with van der Waals surface area (Å²) in [6, 6.07) is 15.8. The fourth-order valence-electron chi connectivity index (χ4n) is 2.64. The lowest BCUT2D eigenvalue weighted by molar-refractivity contribution is -0.147. The van der Waals surface area contributed by atoms with Crippen molar-refractivity contribution in [1.29, 1.82) is 5.26 Å². The lowest BCUT2D eigenvalue weighted by atomic mass is 10.0. The normalized spacial score (nSPS) is 10.7. The highest BCUT2D eigenvalue weighted by molar-refractivity contribution is 7.89. The van der Waals surface area contributed by atoms with Gasteiger partial charge in [-0.2, -0.15) is 5.26 Å². The van der Waals surface area contributed by atoms with Crippen molar-refractivity contribution < 1.29 is 27.6 Å². The number of amides is 1. The number of sulfonamides is 1. The van der Waals surface area contributed by atoms with E-state index in [4.69, 9.17) is 5.26 Å². The molecule has 0 unspecified atom stereocenters. The van der Waals surface area contributed by atoms with Gasteiger partial charge in [0.1, 0.15) is 0 Å². The molecule has 0 radical (unpaired) electrons. The van der Waals surface area contributed by atoms with Gasteiger partial charge in [0.05, 0.1) is 22.9 Å². The number of benzene rings is 2. The maximum Gasteiger partial charge on any atom is 0.327 e. The molecule has 0 atom stereocenters. The lowest BCUT2D eigenvalue weighted by Gasteiger charge is -2.08. The van der Waals surface area contributed by atoms with Crippen LogP contribution in [0.15, 0.2) is 59.5 Å². The largest absolute Gasteiger partial charge is 0.356 e. The molecule has 0 aliphatic heterocycles. The average molecular weight is 458 g/mol. The van der Waals surface area contributed by atoms with Crippen LogP contribution in [0.2, 0.25) is 0 Å². The first-order valence-corrected chi connectivity index (χ1v) is 11.4. The monoisotopic (exact) mass is 457 g/mol. The average Bonchev–Trinajstić information content (AvgIpc) is 2.81. The number of carbonyl (C=O) groups is 3. The number of ketones is 1. The molecule has 0 spiro atoms. The maximum atomic E-state index is 12.1. The molecule has 9 nitrogen and oxygen atoms in total. The molecule has 0 aliphatic rings. The third kappa shape index (κ3) is 8.29. The molecule has 0 saturated carbocycles. The first-order valence-electron chi connectivity index (χ1n) is 9.88. The van der Waals surface area contributed by atoms with Crippen LogP contribution in [-0.4, -0.2) is 32.6 Å². The topological polar surface area (TPSA) is 142 Å². The van der Waals surface area contributed by atoms with E-state index in [2.05, 4.69) is 10.2 Å². The van der Waals surface area contributed by atoms with E-state index in [-0.39, 0.29) is 42.4 Å². The number of carbonyl (C=O) groups excluding carboxylic acids is 3. The Bertz CT molecular complexity index is 1080. The van der Waals surface area contributed by atoms with E-state index in [1.54, 1.807) is 35.2 Å². The fourth-order valence-corrected chi connectivity index (χ4v) is 3.45. The predicted octanol–water partition coefficient (Wildman–Crippen LogP) is 2.24. The number of Topliss-reactive ketones (excluding diaryl/α,β-unsaturated/α-hetero) is 1. The summed E-state index contributed by atoms with van der Waals surface area (Å²) in [5, 5.41) is 11.3. The van der Waals surface area contributed by atoms with Crippen LogP contribution in [0.4, 0.5) is 0 Å². The lowest BCUT2D eigenvalue weighted by Crippen LogP contribution is -2.30. The zero-order valence-corrected chi connectivity index (χ0v) is 18.1. The van der Waals surface area contributed by atoms with Crippen molar-refractivity contribution in [3.8, 4) is 6.07 Å². The summed E-state index contributed by atoms with van der Waals surface area (Å²) in [6.45, 7) is -0.00506. The molecule has 2 aromatic rings. The predicted molar refractivity (Wildman–Crippen MR) is 114 cm³/mol. The second-order valence-electron chi connectivity index (χ2n) is 6.79. The van der Waals surface area contributed by atoms with Crippen LogP contribution in [0, 0.1) is 11.3 Å². The third-order valence-electron chi connectivity index (χ3n) is 4.36. The number of rotatable bonds is 12. The zero-order valence-electron chi connectivity index (χ0n) is 17.2. The molecule has 0 heterocycles. The molecule has 10 heteroatoms. The molecule has 2 N–H and O–H groups in total. The Morgan fingerprint density at radius 1 is 0.906 bits per heavy atom. The molecule has 0 aromatic heterocycles. The maximum absolute atomic E-state index is 12.1. The highest BCUT2D eigenvalue weighted by Crippen LogP contribution is 2.10. The van der Waals surface area contributed by atoms with E-state index in [0.29, 0.717) is 24.0 Å². The summed E-state index contributed by atoms with van der Waals surface area (Å²) in [4.78, 5) is 41.8. The SMILES string of the molecule is N#Cc1ccc(C(=O)CCCCC(=O)NCCC(=O)ONS(=O)(=O)c2ccccc2)cc1. The third-order valence-corrected chi connectivity index (χ3v) is 5.56. The molecule has 0 saturated heterocycles. The van der Waals surface area contributed by atoms with Gasteiger partial charge in [0, 0.05) is 24.9 Å². The van der Waals surface area contributed by atoms with Gasteiger partial charge in [-0.3, -0.25) is 14.4 Å². The molecule has 1 amide bonds. The molecule has 32 heavy (non-hydrogen) atoms. The van der Waals surface area contributed by atoms with Crippen molar-refractivity contribution in [3.63, 3.8) is 0 Å². The highest BCUT2D eigenvalue weighted by atomic mass is 32.2. The Hall–Kier alpha value is -3.55. The molecule has 0 bridgehead atoms. The summed E-state index contributed by atoms with van der Waals surface area (Å²) in [5.41, 5.74) is 1.01. The van der Waals surface area contributed by atoms with E-state index in [1.165, 1.54) is 24.3 Å². The summed E-state index contributed by atoms with van der Waals surface area (Å²) < 4.78 is 23.9. The number of nitrogens with zero attached hydrogens (tertiary/aromatic N) is 1. The van der Waals surface area contributed by atoms with Gasteiger partial charge in [0.2, 0.25) is 5.91 Å². The van der Waals surface area contributed by atoms with E-state index in [9.17, 15) is 22.8 Å². The number of hydrogen-bond acceptors (Lipinski definition) is 7. The van der Waals surface area contributed by atoms with Crippen LogP contribution in [0.25, 0.3) is 0 Å². The van der Waals surface area contributed by atoms with Crippen LogP contribution >= 0.6 is 0 Å². The van der Waals surface area contributed by atoms with Gasteiger partial charge in [-0.25, -0.2) is 8.42 Å². The van der Waals surface area contributed by atoms with Gasteiger partial charge in [-0.05, 0) is 42.0 Å². The van der Waals surface area contributed by atoms with Crippen LogP contribution in [0.5, 0.6) is 0 Å². The molecule has 0 fully saturated rings. The zero-order chi connectivity index (χ0) is 23.4. The smallest absolute Gasteiger partial charge is 0.327 e. The summed E-state index contributed by atoms with van der Waals surface area (Å²) in [7, 11) is -3.96.